The van der Waals surface area contributed by atoms with Gasteiger partial charge in [0.15, 0.2) is 0 Å². The highest BCUT2D eigenvalue weighted by Gasteiger charge is 2.45. The van der Waals surface area contributed by atoms with Crippen molar-refractivity contribution < 1.29 is 19.1 Å². The number of hydrogen-bond acceptors (Lipinski definition) is 2. The molecular weight excluding hydrogens is 333 g/mol. The minimum atomic E-state index is -1.13. The number of fused-ring (bicyclic) bond motifs is 1. The molecule has 1 aliphatic rings. The van der Waals surface area contributed by atoms with Gasteiger partial charge in [-0.15, -0.1) is 0 Å². The van der Waals surface area contributed by atoms with Crippen molar-refractivity contribution >= 4 is 23.5 Å². The van der Waals surface area contributed by atoms with Crippen molar-refractivity contribution in [2.75, 3.05) is 6.54 Å². The fourth-order valence-electron chi connectivity index (χ4n) is 3.32. The number of amides is 1. The van der Waals surface area contributed by atoms with E-state index in [-0.39, 0.29) is 23.0 Å². The van der Waals surface area contributed by atoms with Gasteiger partial charge in [-0.05, 0) is 30.7 Å². The molecular formula is C18H15ClFNO3. The number of rotatable bonds is 3. The second-order valence-corrected chi connectivity index (χ2v) is 5.98. The Hall–Kier alpha value is -2.40. The first kappa shape index (κ1) is 16.5. The lowest BCUT2D eigenvalue weighted by Crippen LogP contribution is -2.45. The minimum absolute atomic E-state index is 0.0382. The van der Waals surface area contributed by atoms with E-state index in [2.05, 4.69) is 0 Å². The first-order valence-corrected chi connectivity index (χ1v) is 7.91. The molecule has 1 amide bonds. The highest BCUT2D eigenvalue weighted by molar-refractivity contribution is 6.31. The zero-order valence-electron chi connectivity index (χ0n) is 12.9. The Morgan fingerprint density at radius 3 is 2.58 bits per heavy atom. The summed E-state index contributed by atoms with van der Waals surface area (Å²) in [5.74, 6) is -3.16. The minimum Gasteiger partial charge on any atom is -0.481 e. The summed E-state index contributed by atoms with van der Waals surface area (Å²) in [6, 6.07) is 9.71. The molecule has 2 atom stereocenters. The average molecular weight is 348 g/mol. The lowest BCUT2D eigenvalue weighted by atomic mass is 9.79. The van der Waals surface area contributed by atoms with Crippen LogP contribution in [0, 0.1) is 5.82 Å². The Balaban J connectivity index is 2.30. The molecule has 2 aromatic rings. The lowest BCUT2D eigenvalue weighted by Gasteiger charge is -2.40. The second-order valence-electron chi connectivity index (χ2n) is 5.57. The Morgan fingerprint density at radius 1 is 1.25 bits per heavy atom. The summed E-state index contributed by atoms with van der Waals surface area (Å²) >= 11 is 6.16. The van der Waals surface area contributed by atoms with Gasteiger partial charge in [-0.3, -0.25) is 9.59 Å². The van der Waals surface area contributed by atoms with Crippen molar-refractivity contribution in [2.45, 2.75) is 18.9 Å². The number of aliphatic carboxylic acids is 1. The molecule has 2 unspecified atom stereocenters. The summed E-state index contributed by atoms with van der Waals surface area (Å²) in [7, 11) is 0. The van der Waals surface area contributed by atoms with Gasteiger partial charge >= 0.3 is 5.97 Å². The number of halogens is 2. The number of likely N-dealkylation sites (N-methyl/N-ethyl adjacent to an activating group) is 1. The van der Waals surface area contributed by atoms with Gasteiger partial charge in [0.25, 0.3) is 5.91 Å². The third kappa shape index (κ3) is 2.45. The highest BCUT2D eigenvalue weighted by atomic mass is 35.5. The molecule has 24 heavy (non-hydrogen) atoms. The number of carboxylic acid groups (broad SMARTS) is 1. The van der Waals surface area contributed by atoms with E-state index in [1.807, 2.05) is 0 Å². The molecule has 1 aliphatic heterocycles. The van der Waals surface area contributed by atoms with Gasteiger partial charge in [-0.25, -0.2) is 4.39 Å². The maximum absolute atomic E-state index is 14.5. The van der Waals surface area contributed by atoms with Crippen molar-refractivity contribution in [3.8, 4) is 0 Å². The molecule has 1 N–H and O–H groups in total. The van der Waals surface area contributed by atoms with Gasteiger partial charge in [-0.2, -0.15) is 0 Å². The van der Waals surface area contributed by atoms with Crippen LogP contribution in [-0.4, -0.2) is 28.4 Å². The van der Waals surface area contributed by atoms with E-state index in [0.717, 1.165) is 0 Å². The molecule has 2 aromatic carbocycles. The van der Waals surface area contributed by atoms with E-state index in [1.165, 1.54) is 23.1 Å². The summed E-state index contributed by atoms with van der Waals surface area (Å²) in [6.07, 6.45) is 0. The van der Waals surface area contributed by atoms with Crippen LogP contribution in [0.1, 0.15) is 40.4 Å². The van der Waals surface area contributed by atoms with Crippen LogP contribution in [0.2, 0.25) is 5.02 Å². The SMILES string of the molecule is CCN1C(=O)c2ccccc2C(C(=O)O)C1c1c(F)cccc1Cl. The third-order valence-corrected chi connectivity index (χ3v) is 4.67. The Bertz CT molecular complexity index is 803. The van der Waals surface area contributed by atoms with Gasteiger partial charge < -0.3 is 10.0 Å². The predicted octanol–water partition coefficient (Wildman–Crippen LogP) is 3.86. The van der Waals surface area contributed by atoms with Gasteiger partial charge in [0.1, 0.15) is 11.7 Å². The van der Waals surface area contributed by atoms with E-state index in [4.69, 9.17) is 11.6 Å². The molecule has 4 nitrogen and oxygen atoms in total. The number of carbonyl (C=O) groups is 2. The second kappa shape index (κ2) is 6.24. The summed E-state index contributed by atoms with van der Waals surface area (Å²) < 4.78 is 14.5. The van der Waals surface area contributed by atoms with Crippen LogP contribution in [0.3, 0.4) is 0 Å². The maximum atomic E-state index is 14.5. The van der Waals surface area contributed by atoms with Gasteiger partial charge in [0.2, 0.25) is 0 Å². The zero-order valence-corrected chi connectivity index (χ0v) is 13.6. The monoisotopic (exact) mass is 347 g/mol. The normalized spacial score (nSPS) is 20.0. The maximum Gasteiger partial charge on any atom is 0.313 e. The molecule has 0 fully saturated rings. The van der Waals surface area contributed by atoms with Crippen molar-refractivity contribution in [3.63, 3.8) is 0 Å². The molecule has 0 aromatic heterocycles. The summed E-state index contributed by atoms with van der Waals surface area (Å²) in [5, 5.41) is 9.90. The van der Waals surface area contributed by atoms with Crippen molar-refractivity contribution in [1.29, 1.82) is 0 Å². The Labute approximate surface area is 143 Å². The van der Waals surface area contributed by atoms with Crippen molar-refractivity contribution in [1.82, 2.24) is 4.90 Å². The lowest BCUT2D eigenvalue weighted by molar-refractivity contribution is -0.140. The smallest absolute Gasteiger partial charge is 0.313 e. The standard InChI is InChI=1S/C18H15ClFNO3/c1-2-21-16(15-12(19)8-5-9-13(15)20)14(18(23)24)10-6-3-4-7-11(10)17(21)22/h3-9,14,16H,2H2,1H3,(H,23,24). The van der Waals surface area contributed by atoms with Crippen molar-refractivity contribution in [2.24, 2.45) is 0 Å². The van der Waals surface area contributed by atoms with Crippen LogP contribution in [0.5, 0.6) is 0 Å². The third-order valence-electron chi connectivity index (χ3n) is 4.34. The molecule has 0 aliphatic carbocycles. The zero-order chi connectivity index (χ0) is 17.4. The summed E-state index contributed by atoms with van der Waals surface area (Å²) in [4.78, 5) is 26.1. The molecule has 0 radical (unpaired) electrons. The summed E-state index contributed by atoms with van der Waals surface area (Å²) in [5.41, 5.74) is 0.746. The van der Waals surface area contributed by atoms with E-state index in [0.29, 0.717) is 11.1 Å². The molecule has 0 bridgehead atoms. The van der Waals surface area contributed by atoms with E-state index in [9.17, 15) is 19.1 Å². The molecule has 3 rings (SSSR count). The molecule has 1 heterocycles. The number of carboxylic acids is 1. The fourth-order valence-corrected chi connectivity index (χ4v) is 3.59. The molecule has 6 heteroatoms. The van der Waals surface area contributed by atoms with Gasteiger partial charge in [-0.1, -0.05) is 35.9 Å². The average Bonchev–Trinajstić information content (AvgIpc) is 2.55. The van der Waals surface area contributed by atoms with E-state index < -0.39 is 23.7 Å². The highest BCUT2D eigenvalue weighted by Crippen LogP contribution is 2.45. The molecule has 124 valence electrons. The van der Waals surface area contributed by atoms with E-state index >= 15 is 0 Å². The van der Waals surface area contributed by atoms with E-state index in [1.54, 1.807) is 31.2 Å². The summed E-state index contributed by atoms with van der Waals surface area (Å²) in [6.45, 7) is 1.97. The van der Waals surface area contributed by atoms with Crippen LogP contribution < -0.4 is 0 Å². The Morgan fingerprint density at radius 2 is 1.96 bits per heavy atom. The number of carbonyl (C=O) groups excluding carboxylic acids is 1. The first-order valence-electron chi connectivity index (χ1n) is 7.54. The number of nitrogens with zero attached hydrogens (tertiary/aromatic N) is 1. The topological polar surface area (TPSA) is 57.6 Å². The van der Waals surface area contributed by atoms with Crippen LogP contribution >= 0.6 is 11.6 Å². The van der Waals surface area contributed by atoms with Crippen LogP contribution in [-0.2, 0) is 4.79 Å². The number of benzene rings is 2. The number of hydrogen-bond donors (Lipinski definition) is 1. The quantitative estimate of drug-likeness (QED) is 0.917. The Kier molecular flexibility index (Phi) is 4.28. The van der Waals surface area contributed by atoms with Gasteiger partial charge in [0.05, 0.1) is 6.04 Å². The van der Waals surface area contributed by atoms with Crippen LogP contribution in [0.4, 0.5) is 4.39 Å². The van der Waals surface area contributed by atoms with Crippen LogP contribution in [0.15, 0.2) is 42.5 Å². The molecule has 0 spiro atoms. The van der Waals surface area contributed by atoms with Crippen molar-refractivity contribution in [3.05, 3.63) is 70.0 Å². The largest absolute Gasteiger partial charge is 0.481 e. The van der Waals surface area contributed by atoms with Gasteiger partial charge in [0, 0.05) is 22.7 Å². The first-order chi connectivity index (χ1) is 11.5. The molecule has 0 saturated heterocycles. The molecule has 0 saturated carbocycles. The van der Waals surface area contributed by atoms with Crippen LogP contribution in [0.25, 0.3) is 0 Å². The predicted molar refractivity (Wildman–Crippen MR) is 87.7 cm³/mol. The fraction of sp³-hybridized carbons (Fsp3) is 0.222.